The first-order chi connectivity index (χ1) is 9.56. The molecule has 100 valence electrons. The van der Waals surface area contributed by atoms with Crippen LogP contribution in [0.5, 0.6) is 11.5 Å². The molecule has 1 heterocycles. The lowest BCUT2D eigenvalue weighted by Crippen LogP contribution is -2.00. The van der Waals surface area contributed by atoms with Crippen LogP contribution in [-0.2, 0) is 4.79 Å². The molecule has 3 rings (SSSR count). The van der Waals surface area contributed by atoms with Crippen molar-refractivity contribution in [1.82, 2.24) is 0 Å². The number of hydrogen-bond acceptors (Lipinski definition) is 3. The van der Waals surface area contributed by atoms with Crippen molar-refractivity contribution in [2.75, 3.05) is 0 Å². The van der Waals surface area contributed by atoms with Crippen LogP contribution in [0, 0.1) is 0 Å². The second-order valence-corrected chi connectivity index (χ2v) is 5.09. The van der Waals surface area contributed by atoms with Gasteiger partial charge in [0.1, 0.15) is 5.75 Å². The Hall–Kier alpha value is -1.97. The minimum atomic E-state index is -0.425. The van der Waals surface area contributed by atoms with Crippen molar-refractivity contribution in [3.8, 4) is 11.5 Å². The second-order valence-electron chi connectivity index (χ2n) is 4.28. The maximum atomic E-state index is 11.9. The lowest BCUT2D eigenvalue weighted by Gasteiger charge is -2.02. The van der Waals surface area contributed by atoms with Crippen LogP contribution >= 0.6 is 23.2 Å². The molecule has 1 N–H and O–H groups in total. The predicted octanol–water partition coefficient (Wildman–Crippen LogP) is 4.16. The number of fused-ring (bicyclic) bond motifs is 1. The molecule has 2 aromatic rings. The van der Waals surface area contributed by atoms with Crippen LogP contribution in [0.15, 0.2) is 36.4 Å². The number of phenolic OH excluding ortho intramolecular Hbond substituents is 1. The lowest BCUT2D eigenvalue weighted by molar-refractivity contribution is -0.126. The molecule has 0 saturated carbocycles. The van der Waals surface area contributed by atoms with Crippen molar-refractivity contribution in [2.24, 2.45) is 0 Å². The zero-order chi connectivity index (χ0) is 14.3. The van der Waals surface area contributed by atoms with Crippen molar-refractivity contribution in [3.63, 3.8) is 0 Å². The first-order valence-electron chi connectivity index (χ1n) is 5.77. The van der Waals surface area contributed by atoms with E-state index in [-0.39, 0.29) is 15.8 Å². The van der Waals surface area contributed by atoms with E-state index in [9.17, 15) is 9.90 Å². The Morgan fingerprint density at radius 3 is 2.45 bits per heavy atom. The number of carbonyl (C=O) groups is 1. The second kappa shape index (κ2) is 4.85. The van der Waals surface area contributed by atoms with E-state index in [4.69, 9.17) is 27.9 Å². The van der Waals surface area contributed by atoms with Gasteiger partial charge in [-0.1, -0.05) is 41.4 Å². The highest BCUT2D eigenvalue weighted by atomic mass is 35.5. The summed E-state index contributed by atoms with van der Waals surface area (Å²) in [6.45, 7) is 0. The molecule has 0 unspecified atom stereocenters. The van der Waals surface area contributed by atoms with Crippen molar-refractivity contribution in [1.29, 1.82) is 0 Å². The van der Waals surface area contributed by atoms with Crippen LogP contribution in [-0.4, -0.2) is 11.1 Å². The number of phenols is 1. The number of esters is 1. The molecule has 0 spiro atoms. The number of aromatic hydroxyl groups is 1. The fourth-order valence-corrected chi connectivity index (χ4v) is 2.52. The molecular formula is C15H8Cl2O3. The number of ether oxygens (including phenoxy) is 1. The summed E-state index contributed by atoms with van der Waals surface area (Å²) in [5.74, 6) is -0.0730. The lowest BCUT2D eigenvalue weighted by atomic mass is 10.0. The van der Waals surface area contributed by atoms with Crippen molar-refractivity contribution < 1.29 is 14.6 Å². The highest BCUT2D eigenvalue weighted by Crippen LogP contribution is 2.37. The molecule has 1 aliphatic rings. The van der Waals surface area contributed by atoms with Gasteiger partial charge in [0, 0.05) is 5.56 Å². The maximum absolute atomic E-state index is 11.9. The third-order valence-corrected chi connectivity index (χ3v) is 3.53. The molecule has 1 aliphatic heterocycles. The van der Waals surface area contributed by atoms with Crippen LogP contribution in [0.1, 0.15) is 11.1 Å². The molecule has 0 radical (unpaired) electrons. The minimum Gasteiger partial charge on any atom is -0.505 e. The number of benzene rings is 2. The summed E-state index contributed by atoms with van der Waals surface area (Å²) < 4.78 is 5.15. The number of halogens is 2. The normalized spacial score (nSPS) is 15.3. The zero-order valence-corrected chi connectivity index (χ0v) is 11.6. The van der Waals surface area contributed by atoms with Gasteiger partial charge in [-0.3, -0.25) is 0 Å². The average Bonchev–Trinajstić information content (AvgIpc) is 2.73. The van der Waals surface area contributed by atoms with Gasteiger partial charge in [0.2, 0.25) is 0 Å². The highest BCUT2D eigenvalue weighted by Gasteiger charge is 2.26. The van der Waals surface area contributed by atoms with Crippen LogP contribution < -0.4 is 4.74 Å². The van der Waals surface area contributed by atoms with E-state index in [1.54, 1.807) is 24.3 Å². The largest absolute Gasteiger partial charge is 0.505 e. The summed E-state index contributed by atoms with van der Waals surface area (Å²) in [7, 11) is 0. The molecule has 3 nitrogen and oxygen atoms in total. The standard InChI is InChI=1S/C15H8Cl2O3/c16-11-6-8(7-12(17)14(11)18)5-10-9-3-1-2-4-13(9)20-15(10)19/h1-7,18H. The molecule has 5 heteroatoms. The Morgan fingerprint density at radius 1 is 1.10 bits per heavy atom. The first kappa shape index (κ1) is 13.0. The van der Waals surface area contributed by atoms with Crippen LogP contribution in [0.3, 0.4) is 0 Å². The van der Waals surface area contributed by atoms with E-state index in [1.807, 2.05) is 6.07 Å². The smallest absolute Gasteiger partial charge is 0.344 e. The molecule has 0 aromatic heterocycles. The Balaban J connectivity index is 2.11. The monoisotopic (exact) mass is 306 g/mol. The van der Waals surface area contributed by atoms with Gasteiger partial charge in [-0.2, -0.15) is 0 Å². The van der Waals surface area contributed by atoms with Gasteiger partial charge in [0.15, 0.2) is 5.75 Å². The van der Waals surface area contributed by atoms with Crippen LogP contribution in [0.2, 0.25) is 10.0 Å². The fraction of sp³-hybridized carbons (Fsp3) is 0. The van der Waals surface area contributed by atoms with Crippen molar-refractivity contribution in [2.45, 2.75) is 0 Å². The number of rotatable bonds is 1. The van der Waals surface area contributed by atoms with Gasteiger partial charge in [-0.25, -0.2) is 4.79 Å². The average molecular weight is 307 g/mol. The molecule has 2 aromatic carbocycles. The van der Waals surface area contributed by atoms with E-state index in [2.05, 4.69) is 0 Å². The Bertz CT molecular complexity index is 728. The van der Waals surface area contributed by atoms with Crippen molar-refractivity contribution in [3.05, 3.63) is 57.6 Å². The number of carbonyl (C=O) groups excluding carboxylic acids is 1. The zero-order valence-electron chi connectivity index (χ0n) is 10.1. The van der Waals surface area contributed by atoms with E-state index >= 15 is 0 Å². The molecular weight excluding hydrogens is 299 g/mol. The topological polar surface area (TPSA) is 46.5 Å². The van der Waals surface area contributed by atoms with E-state index < -0.39 is 5.97 Å². The first-order valence-corrected chi connectivity index (χ1v) is 6.53. The Labute approximate surface area is 125 Å². The molecule has 0 fully saturated rings. The van der Waals surface area contributed by atoms with E-state index in [0.29, 0.717) is 16.9 Å². The number of para-hydroxylation sites is 1. The van der Waals surface area contributed by atoms with Gasteiger partial charge in [0.05, 0.1) is 15.6 Å². The minimum absolute atomic E-state index is 0.129. The third-order valence-electron chi connectivity index (χ3n) is 2.95. The number of hydrogen-bond donors (Lipinski definition) is 1. The summed E-state index contributed by atoms with van der Waals surface area (Å²) in [5.41, 5.74) is 1.76. The quantitative estimate of drug-likeness (QED) is 0.489. The molecule has 0 bridgehead atoms. The van der Waals surface area contributed by atoms with E-state index in [1.165, 1.54) is 12.1 Å². The Kier molecular flexibility index (Phi) is 3.16. The summed E-state index contributed by atoms with van der Waals surface area (Å²) in [5, 5.41) is 9.78. The maximum Gasteiger partial charge on any atom is 0.344 e. The summed E-state index contributed by atoms with van der Waals surface area (Å²) in [6.07, 6.45) is 1.63. The van der Waals surface area contributed by atoms with Crippen molar-refractivity contribution >= 4 is 40.8 Å². The molecule has 0 saturated heterocycles. The molecule has 0 aliphatic carbocycles. The van der Waals surface area contributed by atoms with Gasteiger partial charge in [0.25, 0.3) is 0 Å². The summed E-state index contributed by atoms with van der Waals surface area (Å²) >= 11 is 11.7. The van der Waals surface area contributed by atoms with E-state index in [0.717, 1.165) is 5.56 Å². The highest BCUT2D eigenvalue weighted by molar-refractivity contribution is 6.37. The predicted molar refractivity (Wildman–Crippen MR) is 78.1 cm³/mol. The van der Waals surface area contributed by atoms with Crippen LogP contribution in [0.25, 0.3) is 11.6 Å². The molecule has 0 amide bonds. The summed E-state index contributed by atoms with van der Waals surface area (Å²) in [6, 6.07) is 10.2. The fourth-order valence-electron chi connectivity index (χ4n) is 2.01. The van der Waals surface area contributed by atoms with Crippen LogP contribution in [0.4, 0.5) is 0 Å². The van der Waals surface area contributed by atoms with Gasteiger partial charge < -0.3 is 9.84 Å². The van der Waals surface area contributed by atoms with Gasteiger partial charge >= 0.3 is 5.97 Å². The Morgan fingerprint density at radius 2 is 1.75 bits per heavy atom. The van der Waals surface area contributed by atoms with Gasteiger partial charge in [-0.15, -0.1) is 0 Å². The third kappa shape index (κ3) is 2.15. The summed E-state index contributed by atoms with van der Waals surface area (Å²) in [4.78, 5) is 11.9. The molecule has 0 atom stereocenters. The molecule has 20 heavy (non-hydrogen) atoms. The van der Waals surface area contributed by atoms with Gasteiger partial charge in [-0.05, 0) is 29.8 Å². The SMILES string of the molecule is O=C1Oc2ccccc2C1=Cc1cc(Cl)c(O)c(Cl)c1.